The maximum absolute atomic E-state index is 5.81. The zero-order valence-corrected chi connectivity index (χ0v) is 13.5. The van der Waals surface area contributed by atoms with Crippen LogP contribution in [0.15, 0.2) is 33.3 Å². The third kappa shape index (κ3) is 3.15. The van der Waals surface area contributed by atoms with E-state index in [1.807, 2.05) is 25.1 Å². The first-order valence-corrected chi connectivity index (χ1v) is 7.69. The van der Waals surface area contributed by atoms with Gasteiger partial charge in [0.1, 0.15) is 16.2 Å². The molecule has 1 fully saturated rings. The number of nitrogens with zero attached hydrogens (tertiary/aromatic N) is 2. The Labute approximate surface area is 128 Å². The quantitative estimate of drug-likeness (QED) is 0.701. The highest BCUT2D eigenvalue weighted by atomic mass is 79.9. The van der Waals surface area contributed by atoms with Gasteiger partial charge in [0.2, 0.25) is 5.88 Å². The molecule has 0 unspecified atom stereocenters. The molecule has 1 aliphatic carbocycles. The van der Waals surface area contributed by atoms with Crippen LogP contribution in [0.25, 0.3) is 0 Å². The Bertz CT molecular complexity index is 627. The topological polar surface area (TPSA) is 35.0 Å². The monoisotopic (exact) mass is 382 g/mol. The van der Waals surface area contributed by atoms with E-state index in [1.165, 1.54) is 12.8 Å². The molecular formula is C14H12Br2N2O. The van der Waals surface area contributed by atoms with E-state index in [4.69, 9.17) is 4.74 Å². The average molecular weight is 384 g/mol. The van der Waals surface area contributed by atoms with Crippen molar-refractivity contribution in [1.82, 2.24) is 9.97 Å². The van der Waals surface area contributed by atoms with E-state index in [-0.39, 0.29) is 0 Å². The first-order valence-electron chi connectivity index (χ1n) is 6.10. The molecule has 2 aromatic rings. The van der Waals surface area contributed by atoms with E-state index < -0.39 is 0 Å². The van der Waals surface area contributed by atoms with E-state index in [9.17, 15) is 0 Å². The smallest absolute Gasteiger partial charge is 0.223 e. The Morgan fingerprint density at radius 3 is 2.63 bits per heavy atom. The van der Waals surface area contributed by atoms with Gasteiger partial charge in [-0.1, -0.05) is 15.9 Å². The third-order valence-corrected chi connectivity index (χ3v) is 4.28. The minimum absolute atomic E-state index is 0.506. The van der Waals surface area contributed by atoms with Gasteiger partial charge < -0.3 is 4.74 Å². The lowest BCUT2D eigenvalue weighted by atomic mass is 10.2. The first kappa shape index (κ1) is 13.1. The van der Waals surface area contributed by atoms with Gasteiger partial charge in [-0.2, -0.15) is 4.98 Å². The zero-order valence-electron chi connectivity index (χ0n) is 10.4. The van der Waals surface area contributed by atoms with Crippen LogP contribution in [-0.4, -0.2) is 9.97 Å². The summed E-state index contributed by atoms with van der Waals surface area (Å²) >= 11 is 6.89. The maximum Gasteiger partial charge on any atom is 0.223 e. The van der Waals surface area contributed by atoms with E-state index in [0.717, 1.165) is 26.2 Å². The summed E-state index contributed by atoms with van der Waals surface area (Å²) in [5.74, 6) is 2.75. The Balaban J connectivity index is 1.87. The fourth-order valence-corrected chi connectivity index (χ4v) is 2.42. The summed E-state index contributed by atoms with van der Waals surface area (Å²) in [5, 5.41) is 0. The number of rotatable bonds is 3. The lowest BCUT2D eigenvalue weighted by Gasteiger charge is -2.08. The number of aromatic nitrogens is 2. The second-order valence-corrected chi connectivity index (χ2v) is 6.34. The summed E-state index contributed by atoms with van der Waals surface area (Å²) in [6.07, 6.45) is 2.35. The van der Waals surface area contributed by atoms with Gasteiger partial charge in [-0.3, -0.25) is 0 Å². The largest absolute Gasteiger partial charge is 0.439 e. The molecule has 0 atom stereocenters. The number of aryl methyl sites for hydroxylation is 1. The summed E-state index contributed by atoms with van der Waals surface area (Å²) in [7, 11) is 0. The van der Waals surface area contributed by atoms with Crippen molar-refractivity contribution in [1.29, 1.82) is 0 Å². The molecule has 1 aliphatic rings. The highest BCUT2D eigenvalue weighted by Crippen LogP contribution is 2.39. The number of benzene rings is 1. The van der Waals surface area contributed by atoms with Crippen LogP contribution in [0.2, 0.25) is 0 Å². The molecule has 1 heterocycles. The molecule has 0 amide bonds. The minimum Gasteiger partial charge on any atom is -0.439 e. The fourth-order valence-electron chi connectivity index (χ4n) is 1.79. The minimum atomic E-state index is 0.506. The predicted octanol–water partition coefficient (Wildman–Crippen LogP) is 4.98. The number of ether oxygens (including phenoxy) is 1. The summed E-state index contributed by atoms with van der Waals surface area (Å²) in [4.78, 5) is 8.86. The van der Waals surface area contributed by atoms with E-state index in [0.29, 0.717) is 11.8 Å². The van der Waals surface area contributed by atoms with Crippen molar-refractivity contribution in [2.75, 3.05) is 0 Å². The van der Waals surface area contributed by atoms with Gasteiger partial charge in [-0.15, -0.1) is 0 Å². The Morgan fingerprint density at radius 2 is 1.95 bits per heavy atom. The molecule has 1 aromatic carbocycles. The van der Waals surface area contributed by atoms with E-state index in [1.54, 1.807) is 6.07 Å². The van der Waals surface area contributed by atoms with Crippen LogP contribution in [0.4, 0.5) is 0 Å². The summed E-state index contributed by atoms with van der Waals surface area (Å²) < 4.78 is 7.65. The second-order valence-electron chi connectivity index (χ2n) is 4.67. The zero-order chi connectivity index (χ0) is 13.4. The lowest BCUT2D eigenvalue weighted by molar-refractivity contribution is 0.457. The second kappa shape index (κ2) is 5.21. The van der Waals surface area contributed by atoms with Crippen molar-refractivity contribution in [2.45, 2.75) is 25.7 Å². The standard InChI is InChI=1S/C14H12Br2N2O/c1-8-6-10(4-5-11(8)15)19-13-7-12(16)17-14(18-13)9-2-3-9/h4-7,9H,2-3H2,1H3. The molecule has 3 nitrogen and oxygen atoms in total. The molecule has 0 spiro atoms. The van der Waals surface area contributed by atoms with Crippen LogP contribution in [0.3, 0.4) is 0 Å². The van der Waals surface area contributed by atoms with E-state index >= 15 is 0 Å². The number of hydrogen-bond donors (Lipinski definition) is 0. The molecule has 0 saturated heterocycles. The van der Waals surface area contributed by atoms with E-state index in [2.05, 4.69) is 41.8 Å². The molecule has 3 rings (SSSR count). The van der Waals surface area contributed by atoms with Crippen LogP contribution < -0.4 is 4.74 Å². The van der Waals surface area contributed by atoms with Gasteiger partial charge in [-0.25, -0.2) is 4.98 Å². The molecule has 0 N–H and O–H groups in total. The molecule has 0 radical (unpaired) electrons. The maximum atomic E-state index is 5.81. The SMILES string of the molecule is Cc1cc(Oc2cc(Br)nc(C3CC3)n2)ccc1Br. The van der Waals surface area contributed by atoms with Gasteiger partial charge in [-0.05, 0) is 59.5 Å². The van der Waals surface area contributed by atoms with Crippen LogP contribution in [-0.2, 0) is 0 Å². The Hall–Kier alpha value is -0.940. The van der Waals surface area contributed by atoms with Crippen molar-refractivity contribution in [3.05, 3.63) is 44.7 Å². The number of halogens is 2. The normalized spacial score (nSPS) is 14.5. The molecule has 5 heteroatoms. The average Bonchev–Trinajstić information content (AvgIpc) is 3.17. The molecule has 98 valence electrons. The summed E-state index contributed by atoms with van der Waals surface area (Å²) in [6.45, 7) is 2.03. The fraction of sp³-hybridized carbons (Fsp3) is 0.286. The van der Waals surface area contributed by atoms with Gasteiger partial charge in [0, 0.05) is 16.5 Å². The lowest BCUT2D eigenvalue weighted by Crippen LogP contribution is -1.96. The van der Waals surface area contributed by atoms with Crippen molar-refractivity contribution in [3.63, 3.8) is 0 Å². The van der Waals surface area contributed by atoms with Crippen LogP contribution in [0.5, 0.6) is 11.6 Å². The molecule has 19 heavy (non-hydrogen) atoms. The summed E-state index contributed by atoms with van der Waals surface area (Å²) in [6, 6.07) is 7.67. The van der Waals surface area contributed by atoms with Crippen LogP contribution in [0.1, 0.15) is 30.1 Å². The van der Waals surface area contributed by atoms with Crippen LogP contribution >= 0.6 is 31.9 Å². The van der Waals surface area contributed by atoms with Gasteiger partial charge >= 0.3 is 0 Å². The van der Waals surface area contributed by atoms with Crippen molar-refractivity contribution >= 4 is 31.9 Å². The summed E-state index contributed by atoms with van der Waals surface area (Å²) in [5.41, 5.74) is 1.13. The Morgan fingerprint density at radius 1 is 1.16 bits per heavy atom. The highest BCUT2D eigenvalue weighted by molar-refractivity contribution is 9.10. The predicted molar refractivity (Wildman–Crippen MR) is 80.7 cm³/mol. The van der Waals surface area contributed by atoms with Crippen molar-refractivity contribution in [3.8, 4) is 11.6 Å². The molecule has 1 saturated carbocycles. The highest BCUT2D eigenvalue weighted by Gasteiger charge is 2.27. The molecule has 1 aromatic heterocycles. The van der Waals surface area contributed by atoms with Crippen molar-refractivity contribution < 1.29 is 4.74 Å². The van der Waals surface area contributed by atoms with Gasteiger partial charge in [0.15, 0.2) is 0 Å². The third-order valence-electron chi connectivity index (χ3n) is 2.98. The van der Waals surface area contributed by atoms with Gasteiger partial charge in [0.25, 0.3) is 0 Å². The van der Waals surface area contributed by atoms with Gasteiger partial charge in [0.05, 0.1) is 0 Å². The van der Waals surface area contributed by atoms with Crippen LogP contribution in [0, 0.1) is 6.92 Å². The molecule has 0 aliphatic heterocycles. The molecular weight excluding hydrogens is 372 g/mol. The first-order chi connectivity index (χ1) is 9.11. The number of hydrogen-bond acceptors (Lipinski definition) is 3. The Kier molecular flexibility index (Phi) is 3.58. The molecule has 0 bridgehead atoms. The van der Waals surface area contributed by atoms with Crippen molar-refractivity contribution in [2.24, 2.45) is 0 Å².